The van der Waals surface area contributed by atoms with Crippen molar-refractivity contribution in [1.82, 2.24) is 16.2 Å². The summed E-state index contributed by atoms with van der Waals surface area (Å²) in [5.74, 6) is -1.13. The van der Waals surface area contributed by atoms with E-state index in [0.717, 1.165) is 0 Å². The fourth-order valence-corrected chi connectivity index (χ4v) is 1.14. The van der Waals surface area contributed by atoms with E-state index in [1.165, 1.54) is 6.92 Å². The average molecular weight is 251 g/mol. The predicted molar refractivity (Wildman–Crippen MR) is 62.7 cm³/mol. The first-order valence-corrected chi connectivity index (χ1v) is 5.15. The molecule has 0 radical (unpaired) electrons. The molecule has 1 atom stereocenters. The van der Waals surface area contributed by atoms with Gasteiger partial charge in [-0.05, 0) is 19.1 Å². The lowest BCUT2D eigenvalue weighted by Crippen LogP contribution is -2.50. The van der Waals surface area contributed by atoms with Gasteiger partial charge in [-0.15, -0.1) is 0 Å². The van der Waals surface area contributed by atoms with Gasteiger partial charge >= 0.3 is 6.09 Å². The second-order valence-electron chi connectivity index (χ2n) is 3.48. The molecule has 0 bridgehead atoms. The maximum atomic E-state index is 11.5. The maximum Gasteiger partial charge on any atom is 0.405 e. The van der Waals surface area contributed by atoms with Crippen LogP contribution in [0.2, 0.25) is 0 Å². The second-order valence-corrected chi connectivity index (χ2v) is 3.48. The Balaban J connectivity index is 2.44. The van der Waals surface area contributed by atoms with Crippen molar-refractivity contribution in [2.75, 3.05) is 0 Å². The van der Waals surface area contributed by atoms with Crippen molar-refractivity contribution in [3.8, 4) is 0 Å². The molecular formula is C11H13N3O4. The standard InChI is InChI=1S/C11H13N3O4/c1-7(12-11(17)18)9(15)13-14-10(16)8-5-3-2-4-6-8/h2-7,12H,1H3,(H,13,15)(H,14,16)(H,17,18). The number of amides is 3. The second kappa shape index (κ2) is 6.24. The summed E-state index contributed by atoms with van der Waals surface area (Å²) in [6.07, 6.45) is -1.31. The van der Waals surface area contributed by atoms with Crippen LogP contribution in [0, 0.1) is 0 Å². The van der Waals surface area contributed by atoms with Crippen molar-refractivity contribution < 1.29 is 19.5 Å². The molecule has 7 heteroatoms. The third kappa shape index (κ3) is 4.12. The molecule has 0 fully saturated rings. The average Bonchev–Trinajstić information content (AvgIpc) is 2.35. The summed E-state index contributed by atoms with van der Waals surface area (Å²) in [4.78, 5) is 33.2. The van der Waals surface area contributed by atoms with Gasteiger partial charge in [-0.1, -0.05) is 18.2 Å². The van der Waals surface area contributed by atoms with Crippen LogP contribution in [-0.4, -0.2) is 29.1 Å². The molecule has 3 amide bonds. The molecule has 0 aliphatic heterocycles. The van der Waals surface area contributed by atoms with Gasteiger partial charge in [0.1, 0.15) is 6.04 Å². The van der Waals surface area contributed by atoms with Crippen molar-refractivity contribution in [1.29, 1.82) is 0 Å². The first kappa shape index (κ1) is 13.5. The molecule has 1 aromatic rings. The summed E-state index contributed by atoms with van der Waals surface area (Å²) in [5, 5.41) is 10.4. The highest BCUT2D eigenvalue weighted by Gasteiger charge is 2.15. The fraction of sp³-hybridized carbons (Fsp3) is 0.182. The van der Waals surface area contributed by atoms with Gasteiger partial charge in [0.25, 0.3) is 11.8 Å². The van der Waals surface area contributed by atoms with Crippen LogP contribution in [0.1, 0.15) is 17.3 Å². The zero-order valence-corrected chi connectivity index (χ0v) is 9.64. The number of nitrogens with one attached hydrogen (secondary N) is 3. The minimum atomic E-state index is -1.31. The highest BCUT2D eigenvalue weighted by Crippen LogP contribution is 1.96. The zero-order valence-electron chi connectivity index (χ0n) is 9.64. The highest BCUT2D eigenvalue weighted by atomic mass is 16.4. The molecule has 0 aromatic heterocycles. The highest BCUT2D eigenvalue weighted by molar-refractivity contribution is 5.96. The topological polar surface area (TPSA) is 108 Å². The monoisotopic (exact) mass is 251 g/mol. The molecule has 0 aliphatic carbocycles. The zero-order chi connectivity index (χ0) is 13.5. The van der Waals surface area contributed by atoms with E-state index >= 15 is 0 Å². The van der Waals surface area contributed by atoms with Gasteiger partial charge in [0, 0.05) is 5.56 Å². The van der Waals surface area contributed by atoms with Crippen LogP contribution in [0.25, 0.3) is 0 Å². The molecule has 18 heavy (non-hydrogen) atoms. The molecular weight excluding hydrogens is 238 g/mol. The molecule has 7 nitrogen and oxygen atoms in total. The van der Waals surface area contributed by atoms with E-state index < -0.39 is 23.9 Å². The smallest absolute Gasteiger partial charge is 0.405 e. The van der Waals surface area contributed by atoms with Crippen LogP contribution < -0.4 is 16.2 Å². The van der Waals surface area contributed by atoms with Crippen LogP contribution in [0.4, 0.5) is 4.79 Å². The van der Waals surface area contributed by atoms with E-state index in [0.29, 0.717) is 5.56 Å². The van der Waals surface area contributed by atoms with Crippen molar-refractivity contribution >= 4 is 17.9 Å². The van der Waals surface area contributed by atoms with Crippen molar-refractivity contribution in [2.45, 2.75) is 13.0 Å². The van der Waals surface area contributed by atoms with E-state index in [4.69, 9.17) is 5.11 Å². The number of hydrogen-bond donors (Lipinski definition) is 4. The molecule has 0 spiro atoms. The third-order valence-electron chi connectivity index (χ3n) is 2.07. The first-order chi connectivity index (χ1) is 8.50. The maximum absolute atomic E-state index is 11.5. The Morgan fingerprint density at radius 1 is 1.11 bits per heavy atom. The molecule has 1 unspecified atom stereocenters. The number of carboxylic acid groups (broad SMARTS) is 1. The lowest BCUT2D eigenvalue weighted by atomic mass is 10.2. The molecule has 0 saturated heterocycles. The number of benzene rings is 1. The lowest BCUT2D eigenvalue weighted by molar-refractivity contribution is -0.123. The summed E-state index contributed by atoms with van der Waals surface area (Å²) in [6, 6.07) is 7.34. The number of carbonyl (C=O) groups excluding carboxylic acids is 2. The number of rotatable bonds is 3. The number of hydrogen-bond acceptors (Lipinski definition) is 3. The fourth-order valence-electron chi connectivity index (χ4n) is 1.14. The molecule has 0 aliphatic rings. The van der Waals surface area contributed by atoms with E-state index in [-0.39, 0.29) is 0 Å². The van der Waals surface area contributed by atoms with Gasteiger partial charge in [-0.25, -0.2) is 4.79 Å². The number of carbonyl (C=O) groups is 3. The van der Waals surface area contributed by atoms with Crippen LogP contribution in [0.5, 0.6) is 0 Å². The Kier molecular flexibility index (Phi) is 4.67. The largest absolute Gasteiger partial charge is 0.465 e. The Hall–Kier alpha value is -2.57. The first-order valence-electron chi connectivity index (χ1n) is 5.15. The number of hydrazine groups is 1. The van der Waals surface area contributed by atoms with Crippen molar-refractivity contribution in [2.24, 2.45) is 0 Å². The molecule has 1 rings (SSSR count). The Bertz CT molecular complexity index is 447. The van der Waals surface area contributed by atoms with Gasteiger partial charge in [0.15, 0.2) is 0 Å². The summed E-state index contributed by atoms with van der Waals surface area (Å²) in [5.41, 5.74) is 4.69. The minimum absolute atomic E-state index is 0.386. The van der Waals surface area contributed by atoms with Gasteiger partial charge < -0.3 is 10.4 Å². The van der Waals surface area contributed by atoms with Crippen LogP contribution in [-0.2, 0) is 4.79 Å². The van der Waals surface area contributed by atoms with Gasteiger partial charge in [0.05, 0.1) is 0 Å². The van der Waals surface area contributed by atoms with E-state index in [1.54, 1.807) is 30.3 Å². The molecule has 0 heterocycles. The Labute approximate surface area is 103 Å². The summed E-state index contributed by atoms with van der Waals surface area (Å²) in [6.45, 7) is 1.36. The van der Waals surface area contributed by atoms with E-state index in [1.807, 2.05) is 5.32 Å². The van der Waals surface area contributed by atoms with Gasteiger partial charge in [0.2, 0.25) is 0 Å². The minimum Gasteiger partial charge on any atom is -0.465 e. The van der Waals surface area contributed by atoms with Gasteiger partial charge in [-0.2, -0.15) is 0 Å². The molecule has 96 valence electrons. The Morgan fingerprint density at radius 2 is 1.72 bits per heavy atom. The quantitative estimate of drug-likeness (QED) is 0.571. The lowest BCUT2D eigenvalue weighted by Gasteiger charge is -2.12. The van der Waals surface area contributed by atoms with Crippen LogP contribution >= 0.6 is 0 Å². The third-order valence-corrected chi connectivity index (χ3v) is 2.07. The van der Waals surface area contributed by atoms with Crippen molar-refractivity contribution in [3.63, 3.8) is 0 Å². The normalized spacial score (nSPS) is 11.2. The van der Waals surface area contributed by atoms with E-state index in [2.05, 4.69) is 10.9 Å². The summed E-state index contributed by atoms with van der Waals surface area (Å²) in [7, 11) is 0. The van der Waals surface area contributed by atoms with Gasteiger partial charge in [-0.3, -0.25) is 20.4 Å². The summed E-state index contributed by atoms with van der Waals surface area (Å²) < 4.78 is 0. The molecule has 0 saturated carbocycles. The van der Waals surface area contributed by atoms with Crippen LogP contribution in [0.15, 0.2) is 30.3 Å². The van der Waals surface area contributed by atoms with Crippen LogP contribution in [0.3, 0.4) is 0 Å². The summed E-state index contributed by atoms with van der Waals surface area (Å²) >= 11 is 0. The van der Waals surface area contributed by atoms with Crippen molar-refractivity contribution in [3.05, 3.63) is 35.9 Å². The van der Waals surface area contributed by atoms with E-state index in [9.17, 15) is 14.4 Å². The molecule has 4 N–H and O–H groups in total. The predicted octanol–water partition coefficient (Wildman–Crippen LogP) is 0.104. The molecule has 1 aromatic carbocycles. The Morgan fingerprint density at radius 3 is 2.28 bits per heavy atom. The SMILES string of the molecule is CC(NC(=O)O)C(=O)NNC(=O)c1ccccc1.